The van der Waals surface area contributed by atoms with Crippen molar-refractivity contribution < 1.29 is 13.9 Å². The Morgan fingerprint density at radius 1 is 1.07 bits per heavy atom. The van der Waals surface area contributed by atoms with Gasteiger partial charge in [0.25, 0.3) is 0 Å². The fourth-order valence-electron chi connectivity index (χ4n) is 4.34. The molecule has 1 aromatic heterocycles. The summed E-state index contributed by atoms with van der Waals surface area (Å²) in [5.74, 6) is 1.91. The maximum absolute atomic E-state index is 12.7. The van der Waals surface area contributed by atoms with Crippen molar-refractivity contribution in [3.8, 4) is 0 Å². The van der Waals surface area contributed by atoms with Crippen LogP contribution in [0.15, 0.2) is 34.7 Å². The van der Waals surface area contributed by atoms with Crippen molar-refractivity contribution in [1.82, 2.24) is 15.1 Å². The molecule has 2 fully saturated rings. The van der Waals surface area contributed by atoms with Gasteiger partial charge in [-0.05, 0) is 31.2 Å². The third-order valence-electron chi connectivity index (χ3n) is 6.05. The molecule has 6 nitrogen and oxygen atoms in total. The number of piperidine rings is 1. The minimum absolute atomic E-state index is 0.106. The second-order valence-corrected chi connectivity index (χ2v) is 8.27. The smallest absolute Gasteiger partial charge is 0.223 e. The van der Waals surface area contributed by atoms with E-state index in [-0.39, 0.29) is 12.0 Å². The number of benzene rings is 1. The van der Waals surface area contributed by atoms with E-state index < -0.39 is 0 Å². The van der Waals surface area contributed by atoms with Gasteiger partial charge in [0.05, 0.1) is 12.7 Å². The predicted octanol–water partition coefficient (Wildman–Crippen LogP) is 4.26. The lowest BCUT2D eigenvalue weighted by Gasteiger charge is -2.32. The number of nitrogens with zero attached hydrogens (tertiary/aromatic N) is 3. The second-order valence-electron chi connectivity index (χ2n) is 8.27. The zero-order valence-corrected chi connectivity index (χ0v) is 17.1. The molecule has 2 aliphatic rings. The summed E-state index contributed by atoms with van der Waals surface area (Å²) in [7, 11) is 0. The van der Waals surface area contributed by atoms with Crippen molar-refractivity contribution in [2.24, 2.45) is 0 Å². The van der Waals surface area contributed by atoms with Crippen LogP contribution in [0.3, 0.4) is 0 Å². The molecular weight excluding hydrogens is 366 g/mol. The average Bonchev–Trinajstić information content (AvgIpc) is 3.27. The van der Waals surface area contributed by atoms with Crippen molar-refractivity contribution in [1.29, 1.82) is 0 Å². The number of likely N-dealkylation sites (tertiary alicyclic amines) is 1. The van der Waals surface area contributed by atoms with Crippen LogP contribution >= 0.6 is 0 Å². The summed E-state index contributed by atoms with van der Waals surface area (Å²) in [6, 6.07) is 10.2. The minimum atomic E-state index is 0.106. The Morgan fingerprint density at radius 3 is 2.72 bits per heavy atom. The third-order valence-corrected chi connectivity index (χ3v) is 6.05. The molecule has 0 spiro atoms. The number of rotatable bonds is 7. The molecule has 1 saturated heterocycles. The Hall–Kier alpha value is -2.21. The third kappa shape index (κ3) is 5.66. The molecule has 0 unspecified atom stereocenters. The first kappa shape index (κ1) is 20.1. The number of ether oxygens (including phenoxy) is 1. The lowest BCUT2D eigenvalue weighted by Crippen LogP contribution is -2.43. The molecule has 156 valence electrons. The normalized spacial score (nSPS) is 20.7. The van der Waals surface area contributed by atoms with E-state index in [1.807, 2.05) is 23.1 Å². The molecule has 2 heterocycles. The van der Waals surface area contributed by atoms with Gasteiger partial charge in [0.1, 0.15) is 0 Å². The highest BCUT2D eigenvalue weighted by molar-refractivity contribution is 5.76. The molecule has 1 aliphatic heterocycles. The molecule has 29 heavy (non-hydrogen) atoms. The monoisotopic (exact) mass is 397 g/mol. The van der Waals surface area contributed by atoms with E-state index >= 15 is 0 Å². The topological polar surface area (TPSA) is 68.5 Å². The van der Waals surface area contributed by atoms with Gasteiger partial charge < -0.3 is 14.1 Å². The second kappa shape index (κ2) is 10.0. The summed E-state index contributed by atoms with van der Waals surface area (Å²) in [5.41, 5.74) is 1.17. The van der Waals surface area contributed by atoms with Gasteiger partial charge in [-0.25, -0.2) is 0 Å². The molecule has 2 aromatic rings. The van der Waals surface area contributed by atoms with E-state index in [1.165, 1.54) is 24.8 Å². The van der Waals surface area contributed by atoms with Crippen LogP contribution < -0.4 is 0 Å². The summed E-state index contributed by atoms with van der Waals surface area (Å²) in [4.78, 5) is 14.6. The lowest BCUT2D eigenvalue weighted by molar-refractivity contribution is -0.135. The first-order valence-corrected chi connectivity index (χ1v) is 11.0. The maximum Gasteiger partial charge on any atom is 0.223 e. The number of carbonyl (C=O) groups excluding carboxylic acids is 1. The fraction of sp³-hybridized carbons (Fsp3) is 0.609. The van der Waals surface area contributed by atoms with Crippen LogP contribution in [-0.2, 0) is 22.6 Å². The van der Waals surface area contributed by atoms with Crippen molar-refractivity contribution in [3.63, 3.8) is 0 Å². The summed E-state index contributed by atoms with van der Waals surface area (Å²) < 4.78 is 11.9. The first-order valence-electron chi connectivity index (χ1n) is 11.0. The van der Waals surface area contributed by atoms with E-state index in [1.54, 1.807) is 0 Å². The summed E-state index contributed by atoms with van der Waals surface area (Å²) in [5, 5.41) is 8.41. The largest absolute Gasteiger partial charge is 0.425 e. The molecule has 0 N–H and O–H groups in total. The van der Waals surface area contributed by atoms with Gasteiger partial charge in [-0.1, -0.05) is 49.6 Å². The van der Waals surface area contributed by atoms with Crippen molar-refractivity contribution in [2.75, 3.05) is 13.1 Å². The van der Waals surface area contributed by atoms with Gasteiger partial charge in [0, 0.05) is 31.8 Å². The first-order chi connectivity index (χ1) is 14.3. The Morgan fingerprint density at radius 2 is 1.90 bits per heavy atom. The molecule has 4 rings (SSSR count). The predicted molar refractivity (Wildman–Crippen MR) is 109 cm³/mol. The summed E-state index contributed by atoms with van der Waals surface area (Å²) in [6.45, 7) is 2.07. The standard InChI is InChI=1S/C23H31N3O3/c27-22(14-13-21-24-25-23(29-21)19-10-5-2-6-11-19)26-15-7-12-20(16-26)28-17-18-8-3-1-4-9-18/h1,3-4,8-9,19-20H,2,5-7,10-17H2/t20-/m0/s1. The number of hydrogen-bond acceptors (Lipinski definition) is 5. The number of aromatic nitrogens is 2. The van der Waals surface area contributed by atoms with Gasteiger partial charge in [-0.15, -0.1) is 10.2 Å². The van der Waals surface area contributed by atoms with Crippen LogP contribution in [0.4, 0.5) is 0 Å². The van der Waals surface area contributed by atoms with E-state index in [4.69, 9.17) is 9.15 Å². The molecule has 0 bridgehead atoms. The molecule has 1 aromatic carbocycles. The number of carbonyl (C=O) groups is 1. The Balaban J connectivity index is 1.22. The van der Waals surface area contributed by atoms with Crippen molar-refractivity contribution in [3.05, 3.63) is 47.7 Å². The van der Waals surface area contributed by atoms with Gasteiger partial charge in [-0.2, -0.15) is 0 Å². The fourth-order valence-corrected chi connectivity index (χ4v) is 4.34. The molecular formula is C23H31N3O3. The highest BCUT2D eigenvalue weighted by Crippen LogP contribution is 2.31. The SMILES string of the molecule is O=C(CCc1nnc(C2CCCCC2)o1)N1CCC[C@H](OCc2ccccc2)C1. The van der Waals surface area contributed by atoms with E-state index in [0.29, 0.717) is 37.8 Å². The molecule has 1 atom stereocenters. The summed E-state index contributed by atoms with van der Waals surface area (Å²) in [6.07, 6.45) is 9.08. The highest BCUT2D eigenvalue weighted by atomic mass is 16.5. The zero-order valence-electron chi connectivity index (χ0n) is 17.1. The Kier molecular flexibility index (Phi) is 6.93. The van der Waals surface area contributed by atoms with Gasteiger partial charge in [0.15, 0.2) is 0 Å². The van der Waals surface area contributed by atoms with E-state index in [9.17, 15) is 4.79 Å². The number of amides is 1. The van der Waals surface area contributed by atoms with Crippen LogP contribution in [0, 0.1) is 0 Å². The van der Waals surface area contributed by atoms with E-state index in [2.05, 4.69) is 22.3 Å². The molecule has 6 heteroatoms. The van der Waals surface area contributed by atoms with Crippen LogP contribution in [0.2, 0.25) is 0 Å². The van der Waals surface area contributed by atoms with Crippen LogP contribution in [-0.4, -0.2) is 40.2 Å². The Bertz CT molecular complexity index is 771. The number of aryl methyl sites for hydroxylation is 1. The number of hydrogen-bond donors (Lipinski definition) is 0. The van der Waals surface area contributed by atoms with Crippen LogP contribution in [0.5, 0.6) is 0 Å². The van der Waals surface area contributed by atoms with Crippen LogP contribution in [0.1, 0.15) is 74.6 Å². The highest BCUT2D eigenvalue weighted by Gasteiger charge is 2.25. The van der Waals surface area contributed by atoms with Gasteiger partial charge in [-0.3, -0.25) is 4.79 Å². The Labute approximate surface area is 172 Å². The quantitative estimate of drug-likeness (QED) is 0.698. The van der Waals surface area contributed by atoms with Crippen LogP contribution in [0.25, 0.3) is 0 Å². The zero-order chi connectivity index (χ0) is 19.9. The van der Waals surface area contributed by atoms with E-state index in [0.717, 1.165) is 38.1 Å². The maximum atomic E-state index is 12.7. The summed E-state index contributed by atoms with van der Waals surface area (Å²) >= 11 is 0. The molecule has 1 aliphatic carbocycles. The van der Waals surface area contributed by atoms with Crippen molar-refractivity contribution in [2.45, 2.75) is 76.4 Å². The molecule has 1 saturated carbocycles. The minimum Gasteiger partial charge on any atom is -0.425 e. The van der Waals surface area contributed by atoms with Gasteiger partial charge in [0.2, 0.25) is 17.7 Å². The average molecular weight is 398 g/mol. The van der Waals surface area contributed by atoms with Crippen molar-refractivity contribution >= 4 is 5.91 Å². The van der Waals surface area contributed by atoms with Gasteiger partial charge >= 0.3 is 0 Å². The lowest BCUT2D eigenvalue weighted by atomic mass is 9.89. The molecule has 1 amide bonds. The molecule has 0 radical (unpaired) electrons.